The van der Waals surface area contributed by atoms with Gasteiger partial charge in [0, 0.05) is 42.4 Å². The molecule has 24 heavy (non-hydrogen) atoms. The van der Waals surface area contributed by atoms with Gasteiger partial charge >= 0.3 is 0 Å². The van der Waals surface area contributed by atoms with Crippen LogP contribution < -0.4 is 4.74 Å². The van der Waals surface area contributed by atoms with Crippen LogP contribution in [0.15, 0.2) is 18.2 Å². The van der Waals surface area contributed by atoms with E-state index in [4.69, 9.17) is 4.74 Å². The zero-order valence-corrected chi connectivity index (χ0v) is 14.7. The molecule has 2 aliphatic heterocycles. The number of hydrogen-bond acceptors (Lipinski definition) is 3. The average Bonchev–Trinajstić information content (AvgIpc) is 2.99. The van der Waals surface area contributed by atoms with Crippen molar-refractivity contribution in [2.24, 2.45) is 11.8 Å². The van der Waals surface area contributed by atoms with Gasteiger partial charge in [-0.1, -0.05) is 13.3 Å². The Morgan fingerprint density at radius 1 is 1.33 bits per heavy atom. The summed E-state index contributed by atoms with van der Waals surface area (Å²) in [6.45, 7) is 4.92. The summed E-state index contributed by atoms with van der Waals surface area (Å²) in [7, 11) is 1.72. The van der Waals surface area contributed by atoms with Crippen molar-refractivity contribution in [2.45, 2.75) is 38.6 Å². The van der Waals surface area contributed by atoms with Crippen LogP contribution in [0.4, 0.5) is 0 Å². The van der Waals surface area contributed by atoms with Crippen molar-refractivity contribution in [3.63, 3.8) is 0 Å². The van der Waals surface area contributed by atoms with Crippen LogP contribution in [0.5, 0.6) is 5.75 Å². The molecule has 4 rings (SSSR count). The fraction of sp³-hybridized carbons (Fsp3) is 0.600. The second kappa shape index (κ2) is 6.41. The molecule has 0 spiro atoms. The van der Waals surface area contributed by atoms with E-state index in [1.807, 2.05) is 0 Å². The van der Waals surface area contributed by atoms with Gasteiger partial charge in [-0.05, 0) is 48.8 Å². The van der Waals surface area contributed by atoms with E-state index in [0.717, 1.165) is 37.5 Å². The highest BCUT2D eigenvalue weighted by molar-refractivity contribution is 5.86. The predicted molar refractivity (Wildman–Crippen MR) is 96.5 cm³/mol. The fourth-order valence-corrected chi connectivity index (χ4v) is 4.93. The second-order valence-electron chi connectivity index (χ2n) is 7.37. The fourth-order valence-electron chi connectivity index (χ4n) is 4.93. The molecule has 3 atom stereocenters. The van der Waals surface area contributed by atoms with E-state index in [9.17, 15) is 5.11 Å². The molecule has 0 radical (unpaired) electrons. The first-order chi connectivity index (χ1) is 11.7. The summed E-state index contributed by atoms with van der Waals surface area (Å²) in [6.07, 6.45) is 4.44. The van der Waals surface area contributed by atoms with E-state index in [0.29, 0.717) is 18.6 Å². The van der Waals surface area contributed by atoms with Gasteiger partial charge in [0.1, 0.15) is 5.75 Å². The van der Waals surface area contributed by atoms with Gasteiger partial charge in [-0.15, -0.1) is 0 Å². The molecule has 0 amide bonds. The number of nitrogens with one attached hydrogen (secondary N) is 1. The largest absolute Gasteiger partial charge is 0.497 e. The Morgan fingerprint density at radius 3 is 2.96 bits per heavy atom. The lowest BCUT2D eigenvalue weighted by atomic mass is 9.76. The van der Waals surface area contributed by atoms with Crippen molar-refractivity contribution in [1.82, 2.24) is 9.88 Å². The van der Waals surface area contributed by atoms with E-state index < -0.39 is 0 Å². The van der Waals surface area contributed by atoms with Crippen molar-refractivity contribution < 1.29 is 9.84 Å². The number of piperidine rings is 1. The van der Waals surface area contributed by atoms with Gasteiger partial charge in [0.25, 0.3) is 0 Å². The molecular formula is C20H28N2O2. The lowest BCUT2D eigenvalue weighted by Crippen LogP contribution is -2.46. The molecule has 0 unspecified atom stereocenters. The molecule has 0 bridgehead atoms. The number of ether oxygens (including phenoxy) is 1. The van der Waals surface area contributed by atoms with Crippen LogP contribution in [0.1, 0.15) is 43.5 Å². The molecule has 2 aromatic rings. The number of aliphatic hydroxyl groups excluding tert-OH is 1. The number of hydrogen-bond donors (Lipinski definition) is 2. The number of aromatic nitrogens is 1. The second-order valence-corrected chi connectivity index (χ2v) is 7.37. The Balaban J connectivity index is 1.71. The molecule has 130 valence electrons. The molecule has 4 nitrogen and oxygen atoms in total. The zero-order chi connectivity index (χ0) is 16.7. The van der Waals surface area contributed by atoms with Gasteiger partial charge in [0.05, 0.1) is 13.2 Å². The highest BCUT2D eigenvalue weighted by atomic mass is 16.5. The predicted octanol–water partition coefficient (Wildman–Crippen LogP) is 3.50. The molecule has 0 saturated carbocycles. The average molecular weight is 328 g/mol. The first-order valence-corrected chi connectivity index (χ1v) is 9.28. The maximum absolute atomic E-state index is 9.46. The number of H-pyrrole nitrogens is 1. The molecule has 1 aromatic heterocycles. The van der Waals surface area contributed by atoms with Gasteiger partial charge in [0.15, 0.2) is 0 Å². The van der Waals surface area contributed by atoms with E-state index in [1.165, 1.54) is 35.1 Å². The SMILES string of the molecule is CC[C@H]1CN2CCc3c([nH]c4cc(OC)ccc34)[C@@H]2C[C@@H]1CCO. The summed E-state index contributed by atoms with van der Waals surface area (Å²) in [5.74, 6) is 2.26. The summed E-state index contributed by atoms with van der Waals surface area (Å²) in [5.41, 5.74) is 4.09. The molecule has 1 fully saturated rings. The summed E-state index contributed by atoms with van der Waals surface area (Å²) < 4.78 is 5.38. The molecule has 1 saturated heterocycles. The number of fused-ring (bicyclic) bond motifs is 5. The Hall–Kier alpha value is -1.52. The molecule has 0 aliphatic carbocycles. The standard InChI is InChI=1S/C20H28N2O2/c1-3-13-12-22-8-6-17-16-5-4-15(24-2)11-18(16)21-20(17)19(22)10-14(13)7-9-23/h4-5,11,13-14,19,21,23H,3,6-10,12H2,1-2H3/t13-,14-,19-/m0/s1. The quantitative estimate of drug-likeness (QED) is 0.903. The Morgan fingerprint density at radius 2 is 2.21 bits per heavy atom. The summed E-state index contributed by atoms with van der Waals surface area (Å²) in [4.78, 5) is 6.36. The number of nitrogens with zero attached hydrogens (tertiary/aromatic N) is 1. The smallest absolute Gasteiger partial charge is 0.120 e. The van der Waals surface area contributed by atoms with Crippen molar-refractivity contribution in [3.8, 4) is 5.75 Å². The third-order valence-electron chi connectivity index (χ3n) is 6.26. The van der Waals surface area contributed by atoms with Crippen LogP contribution in [0.3, 0.4) is 0 Å². The van der Waals surface area contributed by atoms with Crippen LogP contribution >= 0.6 is 0 Å². The maximum atomic E-state index is 9.46. The summed E-state index contributed by atoms with van der Waals surface area (Å²) in [5, 5.41) is 10.8. The minimum atomic E-state index is 0.310. The molecular weight excluding hydrogens is 300 g/mol. The lowest BCUT2D eigenvalue weighted by Gasteiger charge is -2.46. The van der Waals surface area contributed by atoms with Gasteiger partial charge < -0.3 is 14.8 Å². The topological polar surface area (TPSA) is 48.5 Å². The van der Waals surface area contributed by atoms with E-state index in [2.05, 4.69) is 35.0 Å². The van der Waals surface area contributed by atoms with Crippen molar-refractivity contribution in [2.75, 3.05) is 26.8 Å². The number of methoxy groups -OCH3 is 1. The third-order valence-corrected chi connectivity index (χ3v) is 6.26. The van der Waals surface area contributed by atoms with Gasteiger partial charge in [-0.25, -0.2) is 0 Å². The third kappa shape index (κ3) is 2.52. The van der Waals surface area contributed by atoms with Crippen LogP contribution in [0, 0.1) is 11.8 Å². The number of rotatable bonds is 4. The van der Waals surface area contributed by atoms with Crippen LogP contribution in [-0.2, 0) is 6.42 Å². The van der Waals surface area contributed by atoms with Crippen LogP contribution in [0.2, 0.25) is 0 Å². The molecule has 2 N–H and O–H groups in total. The molecule has 4 heteroatoms. The maximum Gasteiger partial charge on any atom is 0.120 e. The lowest BCUT2D eigenvalue weighted by molar-refractivity contribution is 0.0396. The van der Waals surface area contributed by atoms with E-state index in [-0.39, 0.29) is 0 Å². The number of aliphatic hydroxyl groups is 1. The molecule has 2 aliphatic rings. The van der Waals surface area contributed by atoms with E-state index >= 15 is 0 Å². The molecule has 1 aromatic carbocycles. The highest BCUT2D eigenvalue weighted by Crippen LogP contribution is 2.44. The number of benzene rings is 1. The summed E-state index contributed by atoms with van der Waals surface area (Å²) in [6, 6.07) is 6.85. The van der Waals surface area contributed by atoms with Crippen molar-refractivity contribution >= 4 is 10.9 Å². The van der Waals surface area contributed by atoms with Crippen LogP contribution in [-0.4, -0.2) is 41.8 Å². The first kappa shape index (κ1) is 16.0. The van der Waals surface area contributed by atoms with Crippen LogP contribution in [0.25, 0.3) is 10.9 Å². The minimum Gasteiger partial charge on any atom is -0.497 e. The summed E-state index contributed by atoms with van der Waals surface area (Å²) >= 11 is 0. The Bertz CT molecular complexity index is 724. The van der Waals surface area contributed by atoms with E-state index in [1.54, 1.807) is 7.11 Å². The van der Waals surface area contributed by atoms with Crippen molar-refractivity contribution in [1.29, 1.82) is 0 Å². The first-order valence-electron chi connectivity index (χ1n) is 9.28. The highest BCUT2D eigenvalue weighted by Gasteiger charge is 2.39. The monoisotopic (exact) mass is 328 g/mol. The normalized spacial score (nSPS) is 27.0. The van der Waals surface area contributed by atoms with Gasteiger partial charge in [-0.3, -0.25) is 4.90 Å². The number of aromatic amines is 1. The molecule has 3 heterocycles. The van der Waals surface area contributed by atoms with Crippen molar-refractivity contribution in [3.05, 3.63) is 29.5 Å². The van der Waals surface area contributed by atoms with Gasteiger partial charge in [0.2, 0.25) is 0 Å². The zero-order valence-electron chi connectivity index (χ0n) is 14.7. The Labute approximate surface area is 143 Å². The Kier molecular flexibility index (Phi) is 4.27. The minimum absolute atomic E-state index is 0.310. The van der Waals surface area contributed by atoms with Gasteiger partial charge in [-0.2, -0.15) is 0 Å².